The Bertz CT molecular complexity index is 948. The lowest BCUT2D eigenvalue weighted by atomic mass is 9.92. The summed E-state index contributed by atoms with van der Waals surface area (Å²) < 4.78 is 2.04. The largest absolute Gasteiger partial charge is 0.356 e. The van der Waals surface area contributed by atoms with Crippen LogP contribution in [0.5, 0.6) is 0 Å². The van der Waals surface area contributed by atoms with E-state index in [0.29, 0.717) is 11.8 Å². The molecule has 0 radical (unpaired) electrons. The maximum Gasteiger partial charge on any atom is 0.184 e. The van der Waals surface area contributed by atoms with Crippen molar-refractivity contribution < 1.29 is 0 Å². The summed E-state index contributed by atoms with van der Waals surface area (Å²) in [6, 6.07) is 4.37. The van der Waals surface area contributed by atoms with Gasteiger partial charge < -0.3 is 4.90 Å². The third kappa shape index (κ3) is 2.93. The Morgan fingerprint density at radius 3 is 2.50 bits per heavy atom. The number of pyridine rings is 1. The topological polar surface area (TPSA) is 46.3 Å². The number of anilines is 1. The van der Waals surface area contributed by atoms with E-state index in [9.17, 15) is 0 Å². The minimum atomic E-state index is 0.698. The van der Waals surface area contributed by atoms with Crippen molar-refractivity contribution in [2.75, 3.05) is 18.0 Å². The lowest BCUT2D eigenvalue weighted by Crippen LogP contribution is -2.39. The highest BCUT2D eigenvalue weighted by Gasteiger charge is 2.25. The molecule has 5 nitrogen and oxygen atoms in total. The zero-order valence-corrected chi connectivity index (χ0v) is 16.6. The van der Waals surface area contributed by atoms with Gasteiger partial charge in [-0.25, -0.2) is 9.97 Å². The van der Waals surface area contributed by atoms with Gasteiger partial charge in [0, 0.05) is 30.5 Å². The summed E-state index contributed by atoms with van der Waals surface area (Å²) >= 11 is 0. The highest BCUT2D eigenvalue weighted by atomic mass is 15.4. The fraction of sp³-hybridized carbons (Fsp3) is 0.571. The van der Waals surface area contributed by atoms with E-state index in [0.717, 1.165) is 54.0 Å². The lowest BCUT2D eigenvalue weighted by molar-refractivity contribution is 0.354. The highest BCUT2D eigenvalue weighted by molar-refractivity contribution is 5.93. The third-order valence-corrected chi connectivity index (χ3v) is 5.41. The molecule has 26 heavy (non-hydrogen) atoms. The summed E-state index contributed by atoms with van der Waals surface area (Å²) in [4.78, 5) is 12.1. The van der Waals surface area contributed by atoms with E-state index in [2.05, 4.69) is 49.7 Å². The first-order valence-electron chi connectivity index (χ1n) is 9.87. The van der Waals surface area contributed by atoms with Crippen molar-refractivity contribution in [2.45, 2.75) is 53.9 Å². The Morgan fingerprint density at radius 1 is 1.08 bits per heavy atom. The predicted octanol–water partition coefficient (Wildman–Crippen LogP) is 4.33. The number of aromatic nitrogens is 4. The number of nitrogens with zero attached hydrogens (tertiary/aromatic N) is 5. The van der Waals surface area contributed by atoms with Gasteiger partial charge in [-0.2, -0.15) is 4.52 Å². The molecular formula is C21H29N5. The molecule has 1 aliphatic heterocycles. The lowest BCUT2D eigenvalue weighted by Gasteiger charge is -2.36. The number of hydrogen-bond acceptors (Lipinski definition) is 4. The Morgan fingerprint density at radius 2 is 1.81 bits per heavy atom. The molecule has 1 saturated heterocycles. The van der Waals surface area contributed by atoms with Crippen LogP contribution in [0.15, 0.2) is 12.1 Å². The van der Waals surface area contributed by atoms with Gasteiger partial charge in [-0.15, -0.1) is 5.10 Å². The summed E-state index contributed by atoms with van der Waals surface area (Å²) in [6.45, 7) is 13.2. The third-order valence-electron chi connectivity index (χ3n) is 5.41. The average Bonchev–Trinajstić information content (AvgIpc) is 2.91. The predicted molar refractivity (Wildman–Crippen MR) is 107 cm³/mol. The first-order valence-corrected chi connectivity index (χ1v) is 9.87. The van der Waals surface area contributed by atoms with Gasteiger partial charge in [0.1, 0.15) is 5.82 Å². The molecule has 0 unspecified atom stereocenters. The van der Waals surface area contributed by atoms with Crippen molar-refractivity contribution in [1.82, 2.24) is 19.6 Å². The van der Waals surface area contributed by atoms with Crippen LogP contribution >= 0.6 is 0 Å². The second-order valence-electron chi connectivity index (χ2n) is 8.22. The van der Waals surface area contributed by atoms with Crippen LogP contribution in [0.4, 0.5) is 5.82 Å². The molecule has 0 aromatic carbocycles. The Hall–Kier alpha value is -2.17. The maximum atomic E-state index is 4.97. The molecule has 0 bridgehead atoms. The summed E-state index contributed by atoms with van der Waals surface area (Å²) in [6.07, 6.45) is 3.39. The molecular weight excluding hydrogens is 322 g/mol. The second kappa shape index (κ2) is 6.53. The van der Waals surface area contributed by atoms with Crippen LogP contribution in [0.25, 0.3) is 16.7 Å². The van der Waals surface area contributed by atoms with E-state index in [1.807, 2.05) is 11.4 Å². The molecule has 2 atom stereocenters. The van der Waals surface area contributed by atoms with Crippen molar-refractivity contribution >= 4 is 22.5 Å². The molecule has 1 fully saturated rings. The van der Waals surface area contributed by atoms with Crippen LogP contribution in [0.1, 0.15) is 50.6 Å². The Kier molecular flexibility index (Phi) is 4.33. The molecule has 0 amide bonds. The first-order chi connectivity index (χ1) is 12.5. The molecule has 5 heteroatoms. The number of piperidine rings is 1. The standard InChI is InChI=1S/C21H29N5/c1-6-7-17-10-18(25-11-13(2)8-14(3)12-25)26-21(23-17)19-15(4)9-16(5)22-20(19)24-26/h9-10,13-14H,6-8,11-12H2,1-5H3/t13-,14-/m1/s1. The summed E-state index contributed by atoms with van der Waals surface area (Å²) in [5.74, 6) is 2.57. The first kappa shape index (κ1) is 17.3. The SMILES string of the molecule is CCCc1cc(N2C[C@H](C)C[C@@H](C)C2)n2nc3nc(C)cc(C)c3c2n1. The number of hydrogen-bond donors (Lipinski definition) is 0. The van der Waals surface area contributed by atoms with Gasteiger partial charge in [0.2, 0.25) is 0 Å². The minimum absolute atomic E-state index is 0.698. The molecule has 1 aliphatic rings. The Labute approximate surface area is 155 Å². The molecule has 4 heterocycles. The fourth-order valence-electron chi connectivity index (χ4n) is 4.51. The van der Waals surface area contributed by atoms with E-state index in [-0.39, 0.29) is 0 Å². The van der Waals surface area contributed by atoms with Crippen LogP contribution < -0.4 is 4.90 Å². The van der Waals surface area contributed by atoms with Crippen molar-refractivity contribution in [2.24, 2.45) is 11.8 Å². The summed E-state index contributed by atoms with van der Waals surface area (Å²) in [5.41, 5.74) is 5.13. The van der Waals surface area contributed by atoms with Gasteiger partial charge in [-0.05, 0) is 50.2 Å². The molecule has 0 saturated carbocycles. The van der Waals surface area contributed by atoms with E-state index in [1.165, 1.54) is 17.8 Å². The zero-order chi connectivity index (χ0) is 18.4. The van der Waals surface area contributed by atoms with Crippen molar-refractivity contribution in [3.05, 3.63) is 29.1 Å². The van der Waals surface area contributed by atoms with Crippen molar-refractivity contribution in [3.8, 4) is 0 Å². The monoisotopic (exact) mass is 351 g/mol. The van der Waals surface area contributed by atoms with Crippen LogP contribution in [0.3, 0.4) is 0 Å². The molecule has 0 N–H and O–H groups in total. The molecule has 3 aromatic heterocycles. The van der Waals surface area contributed by atoms with Gasteiger partial charge in [0.05, 0.1) is 5.39 Å². The fourth-order valence-corrected chi connectivity index (χ4v) is 4.51. The van der Waals surface area contributed by atoms with Crippen molar-refractivity contribution in [3.63, 3.8) is 0 Å². The van der Waals surface area contributed by atoms with E-state index < -0.39 is 0 Å². The van der Waals surface area contributed by atoms with E-state index in [4.69, 9.17) is 10.1 Å². The van der Waals surface area contributed by atoms with Gasteiger partial charge in [-0.1, -0.05) is 27.2 Å². The quantitative estimate of drug-likeness (QED) is 0.705. The maximum absolute atomic E-state index is 4.97. The number of rotatable bonds is 3. The number of fused-ring (bicyclic) bond motifs is 3. The zero-order valence-electron chi connectivity index (χ0n) is 16.6. The van der Waals surface area contributed by atoms with Crippen LogP contribution in [0.2, 0.25) is 0 Å². The van der Waals surface area contributed by atoms with Crippen molar-refractivity contribution in [1.29, 1.82) is 0 Å². The smallest absolute Gasteiger partial charge is 0.184 e. The normalized spacial score (nSPS) is 21.0. The summed E-state index contributed by atoms with van der Waals surface area (Å²) in [7, 11) is 0. The second-order valence-corrected chi connectivity index (χ2v) is 8.22. The molecule has 0 spiro atoms. The molecule has 0 aliphatic carbocycles. The molecule has 138 valence electrons. The van der Waals surface area contributed by atoms with E-state index in [1.54, 1.807) is 0 Å². The van der Waals surface area contributed by atoms with E-state index >= 15 is 0 Å². The van der Waals surface area contributed by atoms with Crippen LogP contribution in [0, 0.1) is 25.7 Å². The Balaban J connectivity index is 1.97. The average molecular weight is 351 g/mol. The summed E-state index contributed by atoms with van der Waals surface area (Å²) in [5, 5.41) is 5.96. The van der Waals surface area contributed by atoms with Gasteiger partial charge >= 0.3 is 0 Å². The van der Waals surface area contributed by atoms with Gasteiger partial charge in [0.25, 0.3) is 0 Å². The van der Waals surface area contributed by atoms with Gasteiger partial charge in [-0.3, -0.25) is 0 Å². The highest BCUT2D eigenvalue weighted by Crippen LogP contribution is 2.30. The number of aryl methyl sites for hydroxylation is 3. The molecule has 3 aromatic rings. The van der Waals surface area contributed by atoms with Gasteiger partial charge in [0.15, 0.2) is 11.3 Å². The van der Waals surface area contributed by atoms with Crippen LogP contribution in [-0.4, -0.2) is 32.7 Å². The van der Waals surface area contributed by atoms with Crippen LogP contribution in [-0.2, 0) is 6.42 Å². The minimum Gasteiger partial charge on any atom is -0.356 e. The molecule has 4 rings (SSSR count).